The van der Waals surface area contributed by atoms with E-state index in [-0.39, 0.29) is 5.75 Å². The molecule has 0 bridgehead atoms. The summed E-state index contributed by atoms with van der Waals surface area (Å²) in [7, 11) is 0. The van der Waals surface area contributed by atoms with Crippen LogP contribution in [-0.4, -0.2) is 29.1 Å². The molecule has 292 valence electrons. The average molecular weight is 795 g/mol. The molecule has 9 heteroatoms. The molecular formula is C52H35FN6O2. The van der Waals surface area contributed by atoms with Gasteiger partial charge in [0, 0.05) is 57.2 Å². The summed E-state index contributed by atoms with van der Waals surface area (Å²) in [6.07, 6.45) is 7.04. The van der Waals surface area contributed by atoms with Crippen LogP contribution in [0.2, 0.25) is 0 Å². The third-order valence-electron chi connectivity index (χ3n) is 11.0. The van der Waals surface area contributed by atoms with E-state index in [0.29, 0.717) is 34.2 Å². The maximum absolute atomic E-state index is 15.4. The van der Waals surface area contributed by atoms with E-state index in [1.807, 2.05) is 98.0 Å². The van der Waals surface area contributed by atoms with Crippen molar-refractivity contribution in [2.45, 2.75) is 13.8 Å². The lowest BCUT2D eigenvalue weighted by Crippen LogP contribution is -1.98. The van der Waals surface area contributed by atoms with Crippen molar-refractivity contribution in [3.8, 4) is 57.1 Å². The van der Waals surface area contributed by atoms with Crippen LogP contribution in [0.5, 0.6) is 23.0 Å². The molecule has 5 heterocycles. The van der Waals surface area contributed by atoms with Crippen LogP contribution in [0.1, 0.15) is 11.1 Å². The van der Waals surface area contributed by atoms with Crippen LogP contribution in [-0.2, 0) is 0 Å². The predicted octanol–water partition coefficient (Wildman–Crippen LogP) is 13.1. The molecule has 0 unspecified atom stereocenters. The van der Waals surface area contributed by atoms with Crippen LogP contribution in [0.3, 0.4) is 0 Å². The lowest BCUT2D eigenvalue weighted by atomic mass is 10.1. The molecule has 11 rings (SSSR count). The molecule has 0 amide bonds. The van der Waals surface area contributed by atoms with Gasteiger partial charge in [-0.2, -0.15) is 0 Å². The van der Waals surface area contributed by atoms with Crippen LogP contribution >= 0.6 is 0 Å². The SMILES string of the molecule is Cc1ccnc(-n2c3ccccc3c3ccc(Oc4cccc(-c5cnc(-c6ccc(F)c(Oc7ccc8c9ccccc9n(-c9cc(C)ccn9)c8c7)c6)cn5)c4)cc32)c1. The molecule has 0 fully saturated rings. The third-order valence-corrected chi connectivity index (χ3v) is 11.0. The van der Waals surface area contributed by atoms with E-state index >= 15 is 4.39 Å². The fourth-order valence-electron chi connectivity index (χ4n) is 8.16. The first-order valence-corrected chi connectivity index (χ1v) is 19.9. The quantitative estimate of drug-likeness (QED) is 0.152. The van der Waals surface area contributed by atoms with Crippen molar-refractivity contribution in [2.75, 3.05) is 0 Å². The minimum atomic E-state index is -0.487. The Balaban J connectivity index is 0.862. The molecule has 8 nitrogen and oxygen atoms in total. The summed E-state index contributed by atoms with van der Waals surface area (Å²) in [4.78, 5) is 18.9. The first-order chi connectivity index (χ1) is 29.9. The normalized spacial score (nSPS) is 11.5. The molecule has 6 aromatic carbocycles. The maximum atomic E-state index is 15.4. The number of hydrogen-bond acceptors (Lipinski definition) is 6. The summed E-state index contributed by atoms with van der Waals surface area (Å²) in [6, 6.07) is 49.1. The highest BCUT2D eigenvalue weighted by atomic mass is 19.1. The Kier molecular flexibility index (Phi) is 8.59. The Bertz CT molecular complexity index is 3480. The van der Waals surface area contributed by atoms with Crippen molar-refractivity contribution in [2.24, 2.45) is 0 Å². The van der Waals surface area contributed by atoms with Crippen molar-refractivity contribution in [1.82, 2.24) is 29.1 Å². The second-order valence-corrected chi connectivity index (χ2v) is 15.1. The van der Waals surface area contributed by atoms with E-state index in [9.17, 15) is 0 Å². The topological polar surface area (TPSA) is 79.9 Å². The van der Waals surface area contributed by atoms with Crippen LogP contribution in [0.4, 0.5) is 4.39 Å². The Morgan fingerprint density at radius 2 is 0.951 bits per heavy atom. The summed E-state index contributed by atoms with van der Waals surface area (Å²) in [5.74, 6) is 3.10. The maximum Gasteiger partial charge on any atom is 0.165 e. The number of hydrogen-bond donors (Lipinski definition) is 0. The summed E-state index contributed by atoms with van der Waals surface area (Å²) in [6.45, 7) is 4.11. The Hall–Kier alpha value is -8.17. The van der Waals surface area contributed by atoms with E-state index in [0.717, 1.165) is 71.9 Å². The molecular weight excluding hydrogens is 760 g/mol. The Labute approximate surface area is 349 Å². The molecule has 0 radical (unpaired) electrons. The molecule has 0 atom stereocenters. The van der Waals surface area contributed by atoms with E-state index in [1.54, 1.807) is 30.7 Å². The number of nitrogens with zero attached hydrogens (tertiary/aromatic N) is 6. The summed E-state index contributed by atoms with van der Waals surface area (Å²) < 4.78 is 32.4. The second kappa shape index (κ2) is 14.6. The van der Waals surface area contributed by atoms with Gasteiger partial charge in [-0.3, -0.25) is 19.1 Å². The lowest BCUT2D eigenvalue weighted by Gasteiger charge is -2.11. The molecule has 0 aliphatic rings. The van der Waals surface area contributed by atoms with Gasteiger partial charge in [-0.25, -0.2) is 14.4 Å². The number of rotatable bonds is 8. The van der Waals surface area contributed by atoms with Crippen molar-refractivity contribution >= 4 is 43.6 Å². The van der Waals surface area contributed by atoms with Crippen molar-refractivity contribution < 1.29 is 13.9 Å². The van der Waals surface area contributed by atoms with Crippen molar-refractivity contribution in [3.63, 3.8) is 0 Å². The zero-order valence-electron chi connectivity index (χ0n) is 33.1. The third kappa shape index (κ3) is 6.49. The van der Waals surface area contributed by atoms with Gasteiger partial charge in [0.25, 0.3) is 0 Å². The minimum Gasteiger partial charge on any atom is -0.457 e. The number of aryl methyl sites for hydroxylation is 2. The number of fused-ring (bicyclic) bond motifs is 6. The highest BCUT2D eigenvalue weighted by Gasteiger charge is 2.17. The summed E-state index contributed by atoms with van der Waals surface area (Å²) in [5, 5.41) is 4.41. The Morgan fingerprint density at radius 3 is 1.52 bits per heavy atom. The predicted molar refractivity (Wildman–Crippen MR) is 240 cm³/mol. The van der Waals surface area contributed by atoms with E-state index in [4.69, 9.17) is 24.4 Å². The molecule has 0 spiro atoms. The highest BCUT2D eigenvalue weighted by Crippen LogP contribution is 2.38. The highest BCUT2D eigenvalue weighted by molar-refractivity contribution is 6.10. The zero-order valence-corrected chi connectivity index (χ0v) is 33.1. The minimum absolute atomic E-state index is 0.0811. The number of benzene rings is 6. The number of aromatic nitrogens is 6. The smallest absolute Gasteiger partial charge is 0.165 e. The van der Waals surface area contributed by atoms with Gasteiger partial charge in [-0.05, 0) is 116 Å². The fraction of sp³-hybridized carbons (Fsp3) is 0.0385. The molecule has 11 aromatic rings. The molecule has 5 aromatic heterocycles. The van der Waals surface area contributed by atoms with Gasteiger partial charge in [-0.15, -0.1) is 0 Å². The van der Waals surface area contributed by atoms with E-state index < -0.39 is 5.82 Å². The summed E-state index contributed by atoms with van der Waals surface area (Å²) in [5.41, 5.74) is 9.00. The number of pyridine rings is 2. The van der Waals surface area contributed by atoms with Crippen LogP contribution in [0, 0.1) is 19.7 Å². The monoisotopic (exact) mass is 794 g/mol. The van der Waals surface area contributed by atoms with Gasteiger partial charge < -0.3 is 9.47 Å². The van der Waals surface area contributed by atoms with Crippen molar-refractivity contribution in [3.05, 3.63) is 193 Å². The van der Waals surface area contributed by atoms with Gasteiger partial charge in [-0.1, -0.05) is 48.5 Å². The van der Waals surface area contributed by atoms with Gasteiger partial charge in [0.15, 0.2) is 11.6 Å². The van der Waals surface area contributed by atoms with E-state index in [1.165, 1.54) is 6.07 Å². The van der Waals surface area contributed by atoms with Crippen LogP contribution in [0.15, 0.2) is 176 Å². The van der Waals surface area contributed by atoms with Gasteiger partial charge in [0.05, 0.1) is 45.8 Å². The fourth-order valence-corrected chi connectivity index (χ4v) is 8.16. The van der Waals surface area contributed by atoms with E-state index in [2.05, 4.69) is 69.6 Å². The largest absolute Gasteiger partial charge is 0.457 e. The molecule has 0 saturated heterocycles. The molecule has 61 heavy (non-hydrogen) atoms. The van der Waals surface area contributed by atoms with Gasteiger partial charge in [0.2, 0.25) is 0 Å². The first-order valence-electron chi connectivity index (χ1n) is 19.9. The summed E-state index contributed by atoms with van der Waals surface area (Å²) >= 11 is 0. The number of para-hydroxylation sites is 2. The number of ether oxygens (including phenoxy) is 2. The van der Waals surface area contributed by atoms with Crippen LogP contribution < -0.4 is 9.47 Å². The standard InChI is InChI=1S/C52H35FN6O2/c1-32-20-22-54-51(24-32)58-46-12-5-3-10-39(46)41-17-15-37(28-48(41)58)60-36-9-7-8-34(26-36)44-30-57-45(31-56-44)35-14-19-43(53)50(27-35)61-38-16-18-42-40-11-4-6-13-47(40)59(49(42)29-38)52-25-33(2)21-23-55-52/h3-31H,1-2H3. The second-order valence-electron chi connectivity index (χ2n) is 15.1. The first kappa shape index (κ1) is 36.0. The van der Waals surface area contributed by atoms with Crippen molar-refractivity contribution in [1.29, 1.82) is 0 Å². The average Bonchev–Trinajstić information content (AvgIpc) is 3.79. The van der Waals surface area contributed by atoms with Gasteiger partial charge >= 0.3 is 0 Å². The van der Waals surface area contributed by atoms with Gasteiger partial charge in [0.1, 0.15) is 28.9 Å². The lowest BCUT2D eigenvalue weighted by molar-refractivity contribution is 0.443. The zero-order chi connectivity index (χ0) is 41.0. The molecule has 0 aliphatic carbocycles. The molecule has 0 aliphatic heterocycles. The molecule has 0 N–H and O–H groups in total. The number of halogens is 1. The van der Waals surface area contributed by atoms with Crippen LogP contribution in [0.25, 0.3) is 77.8 Å². The molecule has 0 saturated carbocycles. The Morgan fingerprint density at radius 1 is 0.426 bits per heavy atom.